The Bertz CT molecular complexity index is 633. The molecule has 3 nitrogen and oxygen atoms in total. The van der Waals surface area contributed by atoms with Crippen molar-refractivity contribution in [2.24, 2.45) is 7.05 Å². The number of nitrogens with zero attached hydrogens (tertiary/aromatic N) is 2. The maximum atomic E-state index is 12.3. The first-order valence-electron chi connectivity index (χ1n) is 5.79. The lowest BCUT2D eigenvalue weighted by molar-refractivity contribution is 0.0801. The minimum Gasteiger partial charge on any atom is -0.340 e. The number of hydrogen-bond donors (Lipinski definition) is 0. The van der Waals surface area contributed by atoms with Crippen LogP contribution in [0.2, 0.25) is 0 Å². The lowest BCUT2D eigenvalue weighted by Gasteiger charge is -2.14. The van der Waals surface area contributed by atoms with Crippen molar-refractivity contribution >= 4 is 16.8 Å². The molecule has 1 aromatic carbocycles. The summed E-state index contributed by atoms with van der Waals surface area (Å²) in [7, 11) is 3.68. The van der Waals surface area contributed by atoms with E-state index in [1.807, 2.05) is 41.9 Å². The summed E-state index contributed by atoms with van der Waals surface area (Å²) in [6.45, 7) is 4.01. The predicted molar refractivity (Wildman–Crippen MR) is 73.6 cm³/mol. The van der Waals surface area contributed by atoms with Gasteiger partial charge in [0.25, 0.3) is 5.91 Å². The summed E-state index contributed by atoms with van der Waals surface area (Å²) in [5.74, 6) is 0.000185. The number of carbonyl (C=O) groups is 1. The molecule has 2 aromatic rings. The van der Waals surface area contributed by atoms with Crippen LogP contribution in [-0.4, -0.2) is 29.0 Å². The minimum atomic E-state index is 0.000185. The Morgan fingerprint density at radius 1 is 1.50 bits per heavy atom. The number of para-hydroxylation sites is 1. The van der Waals surface area contributed by atoms with Crippen LogP contribution in [0.3, 0.4) is 0 Å². The van der Waals surface area contributed by atoms with Crippen LogP contribution in [0.15, 0.2) is 48.7 Å². The van der Waals surface area contributed by atoms with E-state index in [4.69, 9.17) is 0 Å². The average molecular weight is 240 g/mol. The highest BCUT2D eigenvalue weighted by molar-refractivity contribution is 5.98. The van der Waals surface area contributed by atoms with Crippen molar-refractivity contribution in [1.82, 2.24) is 9.47 Å². The molecule has 0 N–H and O–H groups in total. The molecule has 0 saturated heterocycles. The fraction of sp³-hybridized carbons (Fsp3) is 0.200. The summed E-state index contributed by atoms with van der Waals surface area (Å²) < 4.78 is 1.92. The van der Waals surface area contributed by atoms with Gasteiger partial charge in [-0.2, -0.15) is 0 Å². The highest BCUT2D eigenvalue weighted by Crippen LogP contribution is 2.19. The van der Waals surface area contributed by atoms with E-state index < -0.39 is 0 Å². The Morgan fingerprint density at radius 3 is 2.89 bits per heavy atom. The minimum absolute atomic E-state index is 0.000185. The summed E-state index contributed by atoms with van der Waals surface area (Å²) in [5, 5.41) is 1.08. The number of carbonyl (C=O) groups excluding carboxylic acids is 1. The molecule has 0 radical (unpaired) electrons. The molecule has 1 amide bonds. The Labute approximate surface area is 107 Å². The summed E-state index contributed by atoms with van der Waals surface area (Å²) in [5.41, 5.74) is 4.42. The molecule has 92 valence electrons. The first-order chi connectivity index (χ1) is 8.65. The molecule has 0 unspecified atom stereocenters. The molecule has 2 rings (SSSR count). The van der Waals surface area contributed by atoms with Crippen molar-refractivity contribution in [3.63, 3.8) is 0 Å². The van der Waals surface area contributed by atoms with Crippen LogP contribution < -0.4 is 0 Å². The number of aryl methyl sites for hydroxylation is 1. The van der Waals surface area contributed by atoms with Crippen LogP contribution in [0, 0.1) is 0 Å². The number of hydrogen-bond acceptors (Lipinski definition) is 1. The van der Waals surface area contributed by atoms with Crippen molar-refractivity contribution in [3.8, 4) is 0 Å². The molecule has 1 heterocycles. The molecule has 0 spiro atoms. The van der Waals surface area contributed by atoms with Crippen LogP contribution in [0.4, 0.5) is 0 Å². The summed E-state index contributed by atoms with van der Waals surface area (Å²) in [6, 6.07) is 9.89. The maximum absolute atomic E-state index is 12.3. The lowest BCUT2D eigenvalue weighted by Crippen LogP contribution is -2.28. The molecular weight excluding hydrogens is 224 g/mol. The van der Waals surface area contributed by atoms with E-state index in [2.05, 4.69) is 12.3 Å². The van der Waals surface area contributed by atoms with Crippen molar-refractivity contribution in [3.05, 3.63) is 54.4 Å². The number of likely N-dealkylation sites (N-methyl/N-ethyl adjacent to an activating group) is 1. The van der Waals surface area contributed by atoms with Crippen LogP contribution in [0.1, 0.15) is 10.5 Å². The molecule has 0 bridgehead atoms. The van der Waals surface area contributed by atoms with Crippen LogP contribution in [0.5, 0.6) is 0 Å². The fourth-order valence-corrected chi connectivity index (χ4v) is 1.97. The summed E-state index contributed by atoms with van der Waals surface area (Å²) in [6.07, 6.45) is 1.74. The van der Waals surface area contributed by atoms with E-state index >= 15 is 0 Å². The zero-order chi connectivity index (χ0) is 13.1. The molecule has 0 aliphatic rings. The van der Waals surface area contributed by atoms with Gasteiger partial charge in [0.2, 0.25) is 0 Å². The van der Waals surface area contributed by atoms with Gasteiger partial charge in [0, 0.05) is 31.5 Å². The fourth-order valence-electron chi connectivity index (χ4n) is 1.97. The number of aromatic nitrogens is 1. The first kappa shape index (κ1) is 12.2. The Hall–Kier alpha value is -2.25. The number of benzene rings is 1. The van der Waals surface area contributed by atoms with E-state index in [0.717, 1.165) is 10.9 Å². The molecule has 0 fully saturated rings. The topological polar surface area (TPSA) is 25.2 Å². The van der Waals surface area contributed by atoms with E-state index in [1.54, 1.807) is 18.0 Å². The van der Waals surface area contributed by atoms with Crippen LogP contribution in [-0.2, 0) is 7.05 Å². The molecule has 0 aliphatic heterocycles. The maximum Gasteiger partial charge on any atom is 0.270 e. The third-order valence-corrected chi connectivity index (χ3v) is 3.03. The molecule has 3 heteroatoms. The van der Waals surface area contributed by atoms with Crippen molar-refractivity contribution in [2.45, 2.75) is 0 Å². The lowest BCUT2D eigenvalue weighted by atomic mass is 10.2. The van der Waals surface area contributed by atoms with E-state index in [0.29, 0.717) is 12.2 Å². The van der Waals surface area contributed by atoms with Crippen LogP contribution >= 0.6 is 0 Å². The summed E-state index contributed by atoms with van der Waals surface area (Å²) >= 11 is 0. The van der Waals surface area contributed by atoms with Crippen molar-refractivity contribution in [2.75, 3.05) is 13.6 Å². The smallest absolute Gasteiger partial charge is 0.270 e. The van der Waals surface area contributed by atoms with E-state index in [9.17, 15) is 4.79 Å². The quantitative estimate of drug-likeness (QED) is 0.757. The van der Waals surface area contributed by atoms with Gasteiger partial charge in [-0.15, -0.1) is 5.73 Å². The third kappa shape index (κ3) is 2.08. The highest BCUT2D eigenvalue weighted by Gasteiger charge is 2.16. The van der Waals surface area contributed by atoms with Gasteiger partial charge >= 0.3 is 0 Å². The van der Waals surface area contributed by atoms with Gasteiger partial charge in [0.15, 0.2) is 0 Å². The number of rotatable bonds is 3. The molecule has 18 heavy (non-hydrogen) atoms. The largest absolute Gasteiger partial charge is 0.340 e. The SMILES string of the molecule is C=C=CCN(C)C(=O)c1cc2ccccc2n1C. The van der Waals surface area contributed by atoms with Gasteiger partial charge in [0.1, 0.15) is 5.69 Å². The van der Waals surface area contributed by atoms with Gasteiger partial charge in [-0.1, -0.05) is 24.8 Å². The van der Waals surface area contributed by atoms with Gasteiger partial charge < -0.3 is 9.47 Å². The standard InChI is InChI=1S/C15H16N2O/c1-4-5-10-16(2)15(18)14-11-12-8-6-7-9-13(12)17(14)3/h5-9,11H,1,10H2,2-3H3. The van der Waals surface area contributed by atoms with E-state index in [-0.39, 0.29) is 5.91 Å². The molecule has 0 aliphatic carbocycles. The normalized spacial score (nSPS) is 10.1. The predicted octanol–water partition coefficient (Wildman–Crippen LogP) is 2.59. The van der Waals surface area contributed by atoms with Gasteiger partial charge in [-0.05, 0) is 18.2 Å². The zero-order valence-electron chi connectivity index (χ0n) is 10.7. The number of amides is 1. The monoisotopic (exact) mass is 240 g/mol. The number of fused-ring (bicyclic) bond motifs is 1. The molecular formula is C15H16N2O. The second-order valence-corrected chi connectivity index (χ2v) is 4.24. The highest BCUT2D eigenvalue weighted by atomic mass is 16.2. The Morgan fingerprint density at radius 2 is 2.22 bits per heavy atom. The molecule has 0 atom stereocenters. The molecule has 0 saturated carbocycles. The summed E-state index contributed by atoms with van der Waals surface area (Å²) in [4.78, 5) is 13.9. The molecule has 1 aromatic heterocycles. The second-order valence-electron chi connectivity index (χ2n) is 4.24. The Kier molecular flexibility index (Phi) is 3.35. The second kappa shape index (κ2) is 4.94. The van der Waals surface area contributed by atoms with Gasteiger partial charge in [-0.25, -0.2) is 0 Å². The van der Waals surface area contributed by atoms with Crippen molar-refractivity contribution in [1.29, 1.82) is 0 Å². The third-order valence-electron chi connectivity index (χ3n) is 3.03. The average Bonchev–Trinajstić information content (AvgIpc) is 2.73. The first-order valence-corrected chi connectivity index (χ1v) is 5.79. The van der Waals surface area contributed by atoms with Gasteiger partial charge in [-0.3, -0.25) is 4.79 Å². The Balaban J connectivity index is 2.38. The van der Waals surface area contributed by atoms with Crippen LogP contribution in [0.25, 0.3) is 10.9 Å². The van der Waals surface area contributed by atoms with Gasteiger partial charge in [0.05, 0.1) is 0 Å². The van der Waals surface area contributed by atoms with Crippen molar-refractivity contribution < 1.29 is 4.79 Å². The van der Waals surface area contributed by atoms with E-state index in [1.165, 1.54) is 0 Å². The zero-order valence-corrected chi connectivity index (χ0v) is 10.7.